The predicted octanol–water partition coefficient (Wildman–Crippen LogP) is 2.26. The fourth-order valence-corrected chi connectivity index (χ4v) is 3.18. The van der Waals surface area contributed by atoms with Crippen LogP contribution >= 0.6 is 11.6 Å². The lowest BCUT2D eigenvalue weighted by Gasteiger charge is -2.25. The number of halogens is 1. The molecule has 0 saturated heterocycles. The molecule has 0 saturated carbocycles. The minimum Gasteiger partial charge on any atom is -0.464 e. The average molecular weight is 378 g/mol. The highest BCUT2D eigenvalue weighted by molar-refractivity contribution is 7.83. The van der Waals surface area contributed by atoms with E-state index >= 15 is 0 Å². The molecule has 9 heteroatoms. The van der Waals surface area contributed by atoms with Crippen LogP contribution in [0.4, 0.5) is 0 Å². The summed E-state index contributed by atoms with van der Waals surface area (Å²) in [6, 6.07) is 4.94. The number of likely N-dealkylation sites (N-methyl/N-ethyl adjacent to an activating group) is 1. The Balaban J connectivity index is 2.33. The van der Waals surface area contributed by atoms with Gasteiger partial charge in [-0.1, -0.05) is 6.07 Å². The van der Waals surface area contributed by atoms with E-state index in [9.17, 15) is 13.2 Å². The number of carbonyl (C=O) groups is 1. The van der Waals surface area contributed by atoms with Crippen LogP contribution in [0.3, 0.4) is 0 Å². The summed E-state index contributed by atoms with van der Waals surface area (Å²) in [5, 5.41) is -1.26. The van der Waals surface area contributed by atoms with Crippen molar-refractivity contribution in [2.45, 2.75) is 37.9 Å². The Hall–Kier alpha value is -1.35. The number of ether oxygens (including phenoxy) is 2. The number of carbonyl (C=O) groups excluding carboxylic acids is 1. The zero-order valence-electron chi connectivity index (χ0n) is 13.8. The average Bonchev–Trinajstić information content (AvgIpc) is 2.75. The van der Waals surface area contributed by atoms with Gasteiger partial charge >= 0.3 is 10.3 Å². The zero-order valence-corrected chi connectivity index (χ0v) is 15.4. The molecule has 7 nitrogen and oxygen atoms in total. The molecule has 1 heterocycles. The molecule has 134 valence electrons. The number of hydrogen-bond donors (Lipinski definition) is 1. The lowest BCUT2D eigenvalue weighted by atomic mass is 9.84. The van der Waals surface area contributed by atoms with E-state index in [-0.39, 0.29) is 4.31 Å². The monoisotopic (exact) mass is 377 g/mol. The van der Waals surface area contributed by atoms with E-state index in [2.05, 4.69) is 0 Å². The first-order valence-corrected chi connectivity index (χ1v) is 9.15. The van der Waals surface area contributed by atoms with Crippen LogP contribution in [-0.2, 0) is 25.3 Å². The molecule has 1 aromatic rings. The summed E-state index contributed by atoms with van der Waals surface area (Å²) in [5.74, 6) is -0.321. The molecule has 0 spiro atoms. The highest BCUT2D eigenvalue weighted by atomic mass is 35.5. The molecule has 0 bridgehead atoms. The quantitative estimate of drug-likeness (QED) is 0.625. The summed E-state index contributed by atoms with van der Waals surface area (Å²) >= 11 is 6.11. The number of hydrogen-bond acceptors (Lipinski definition) is 5. The number of benzene rings is 1. The predicted molar refractivity (Wildman–Crippen MR) is 88.4 cm³/mol. The highest BCUT2D eigenvalue weighted by Crippen LogP contribution is 2.44. The van der Waals surface area contributed by atoms with Gasteiger partial charge in [0.25, 0.3) is 5.91 Å². The fraction of sp³-hybridized carbons (Fsp3) is 0.533. The third-order valence-electron chi connectivity index (χ3n) is 4.01. The lowest BCUT2D eigenvalue weighted by molar-refractivity contribution is -0.125. The Bertz CT molecular complexity index is 748. The summed E-state index contributed by atoms with van der Waals surface area (Å²) in [6.45, 7) is 6.24. The van der Waals surface area contributed by atoms with Crippen LogP contribution in [0.25, 0.3) is 0 Å². The van der Waals surface area contributed by atoms with E-state index in [1.165, 1.54) is 0 Å². The normalized spacial score (nSPS) is 20.2. The molecule has 0 fully saturated rings. The molecule has 1 aliphatic heterocycles. The van der Waals surface area contributed by atoms with Crippen LogP contribution in [0, 0.1) is 0 Å². The van der Waals surface area contributed by atoms with Crippen molar-refractivity contribution in [2.24, 2.45) is 0 Å². The Morgan fingerprint density at radius 2 is 2.12 bits per heavy atom. The van der Waals surface area contributed by atoms with Crippen molar-refractivity contribution >= 4 is 27.8 Å². The molecule has 2 rings (SSSR count). The van der Waals surface area contributed by atoms with Crippen LogP contribution < -0.4 is 4.74 Å². The molecule has 1 N–H and O–H groups in total. The van der Waals surface area contributed by atoms with Gasteiger partial charge < -0.3 is 9.47 Å². The van der Waals surface area contributed by atoms with Crippen LogP contribution in [0.2, 0.25) is 0 Å². The van der Waals surface area contributed by atoms with E-state index in [4.69, 9.17) is 25.6 Å². The molecule has 2 atom stereocenters. The van der Waals surface area contributed by atoms with Crippen LogP contribution in [0.5, 0.6) is 5.75 Å². The highest BCUT2D eigenvalue weighted by Gasteiger charge is 2.43. The van der Waals surface area contributed by atoms with Gasteiger partial charge in [0, 0.05) is 19.2 Å². The number of nitrogens with zero attached hydrogens (tertiary/aromatic N) is 1. The third-order valence-corrected chi connectivity index (χ3v) is 5.32. The topological polar surface area (TPSA) is 93.1 Å². The zero-order chi connectivity index (χ0) is 18.3. The number of fused-ring (bicyclic) bond motifs is 1. The second-order valence-corrected chi connectivity index (χ2v) is 7.91. The maximum Gasteiger partial charge on any atom is 0.361 e. The smallest absolute Gasteiger partial charge is 0.361 e. The van der Waals surface area contributed by atoms with Crippen molar-refractivity contribution in [3.05, 3.63) is 29.3 Å². The molecular formula is C15H20ClNO6S. The molecule has 1 aromatic carbocycles. The summed E-state index contributed by atoms with van der Waals surface area (Å²) in [4.78, 5) is 12.1. The van der Waals surface area contributed by atoms with E-state index in [1.54, 1.807) is 18.2 Å². The van der Waals surface area contributed by atoms with Gasteiger partial charge in [0.05, 0.1) is 5.41 Å². The molecule has 1 aliphatic rings. The van der Waals surface area contributed by atoms with Gasteiger partial charge in [-0.2, -0.15) is 8.42 Å². The second-order valence-electron chi connectivity index (χ2n) is 6.03. The molecule has 0 radical (unpaired) electrons. The van der Waals surface area contributed by atoms with Crippen LogP contribution in [0.1, 0.15) is 37.3 Å². The Labute approximate surface area is 146 Å². The fourth-order valence-electron chi connectivity index (χ4n) is 2.51. The first kappa shape index (κ1) is 19.0. The van der Waals surface area contributed by atoms with Crippen LogP contribution in [0.15, 0.2) is 18.2 Å². The molecule has 24 heavy (non-hydrogen) atoms. The largest absolute Gasteiger partial charge is 0.464 e. The molecule has 0 aromatic heterocycles. The summed E-state index contributed by atoms with van der Waals surface area (Å²) in [5.41, 5.74) is 0.756. The third kappa shape index (κ3) is 3.37. The van der Waals surface area contributed by atoms with Crippen molar-refractivity contribution in [3.8, 4) is 5.75 Å². The summed E-state index contributed by atoms with van der Waals surface area (Å²) in [6.07, 6.45) is -0.460. The SMILES string of the molecule is CCOC1Oc2ccc(C(Cl)C(=O)N(C)S(=O)(=O)O)cc2C1(C)C. The Morgan fingerprint density at radius 1 is 1.50 bits per heavy atom. The number of amides is 1. The summed E-state index contributed by atoms with van der Waals surface area (Å²) < 4.78 is 42.7. The first-order chi connectivity index (χ1) is 11.0. The van der Waals surface area contributed by atoms with Gasteiger partial charge in [-0.05, 0) is 38.5 Å². The van der Waals surface area contributed by atoms with Gasteiger partial charge in [-0.25, -0.2) is 4.31 Å². The van der Waals surface area contributed by atoms with Gasteiger partial charge in [0.2, 0.25) is 6.29 Å². The molecular weight excluding hydrogens is 358 g/mol. The van der Waals surface area contributed by atoms with Crippen molar-refractivity contribution in [3.63, 3.8) is 0 Å². The van der Waals surface area contributed by atoms with Gasteiger partial charge in [-0.15, -0.1) is 11.6 Å². The summed E-state index contributed by atoms with van der Waals surface area (Å²) in [7, 11) is -3.71. The van der Waals surface area contributed by atoms with E-state index < -0.39 is 33.3 Å². The maximum atomic E-state index is 12.1. The van der Waals surface area contributed by atoms with Gasteiger partial charge in [0.1, 0.15) is 11.1 Å². The van der Waals surface area contributed by atoms with Crippen molar-refractivity contribution in [1.82, 2.24) is 4.31 Å². The maximum absolute atomic E-state index is 12.1. The van der Waals surface area contributed by atoms with E-state index in [0.29, 0.717) is 17.9 Å². The minimum atomic E-state index is -4.65. The van der Waals surface area contributed by atoms with E-state index in [0.717, 1.165) is 12.6 Å². The number of alkyl halides is 1. The molecule has 0 aliphatic carbocycles. The minimum absolute atomic E-state index is 0.211. The van der Waals surface area contributed by atoms with Crippen LogP contribution in [-0.4, -0.2) is 43.1 Å². The van der Waals surface area contributed by atoms with Gasteiger partial charge in [-0.3, -0.25) is 9.35 Å². The Morgan fingerprint density at radius 3 is 2.67 bits per heavy atom. The van der Waals surface area contributed by atoms with Crippen molar-refractivity contribution in [2.75, 3.05) is 13.7 Å². The number of rotatable bonds is 5. The Kier molecular flexibility index (Phi) is 5.15. The molecule has 2 unspecified atom stereocenters. The molecule has 1 amide bonds. The second kappa shape index (κ2) is 6.51. The van der Waals surface area contributed by atoms with Crippen molar-refractivity contribution < 1.29 is 27.2 Å². The van der Waals surface area contributed by atoms with Gasteiger partial charge in [0.15, 0.2) is 0 Å². The van der Waals surface area contributed by atoms with Crippen molar-refractivity contribution in [1.29, 1.82) is 0 Å². The lowest BCUT2D eigenvalue weighted by Crippen LogP contribution is -2.35. The standard InChI is InChI=1S/C15H20ClNO6S/c1-5-22-14-15(2,3)10-8-9(6-7-11(10)23-14)12(16)13(18)17(4)24(19,20)21/h6-8,12,14H,5H2,1-4H3,(H,19,20,21). The van der Waals surface area contributed by atoms with E-state index in [1.807, 2.05) is 20.8 Å². The first-order valence-electron chi connectivity index (χ1n) is 7.32.